The Labute approximate surface area is 246 Å². The van der Waals surface area contributed by atoms with Crippen LogP contribution in [0.5, 0.6) is 17.2 Å². The van der Waals surface area contributed by atoms with E-state index in [1.165, 1.54) is 23.1 Å². The van der Waals surface area contributed by atoms with Gasteiger partial charge in [0.1, 0.15) is 28.6 Å². The highest BCUT2D eigenvalue weighted by atomic mass is 32.2. The Kier molecular flexibility index (Phi) is 8.76. The molecule has 0 bridgehead atoms. The first kappa shape index (κ1) is 28.1. The van der Waals surface area contributed by atoms with Gasteiger partial charge in [-0.05, 0) is 67.6 Å². The van der Waals surface area contributed by atoms with E-state index in [1.54, 1.807) is 28.3 Å². The van der Waals surface area contributed by atoms with Gasteiger partial charge in [0.05, 0.1) is 32.3 Å². The molecule has 0 saturated heterocycles. The van der Waals surface area contributed by atoms with Crippen LogP contribution < -0.4 is 19.5 Å². The van der Waals surface area contributed by atoms with E-state index in [2.05, 4.69) is 20.5 Å². The predicted molar refractivity (Wildman–Crippen MR) is 162 cm³/mol. The van der Waals surface area contributed by atoms with Crippen LogP contribution in [0.2, 0.25) is 0 Å². The number of rotatable bonds is 10. The van der Waals surface area contributed by atoms with E-state index in [0.717, 1.165) is 39.6 Å². The first-order valence-corrected chi connectivity index (χ1v) is 14.3. The molecule has 0 saturated carbocycles. The normalized spacial score (nSPS) is 11.5. The molecule has 0 aliphatic heterocycles. The minimum Gasteiger partial charge on any atom is -0.497 e. The third-order valence-corrected chi connectivity index (χ3v) is 7.87. The zero-order valence-electron chi connectivity index (χ0n) is 22.8. The van der Waals surface area contributed by atoms with Gasteiger partial charge >= 0.3 is 0 Å². The average molecular weight is 586 g/mol. The largest absolute Gasteiger partial charge is 0.497 e. The van der Waals surface area contributed by atoms with E-state index in [-0.39, 0.29) is 5.91 Å². The van der Waals surface area contributed by atoms with Gasteiger partial charge in [-0.25, -0.2) is 9.97 Å². The number of hydrogen-bond donors (Lipinski definition) is 1. The van der Waals surface area contributed by atoms with Gasteiger partial charge < -0.3 is 19.5 Å². The summed E-state index contributed by atoms with van der Waals surface area (Å²) in [4.78, 5) is 22.5. The number of para-hydroxylation sites is 1. The Balaban J connectivity index is 1.36. The van der Waals surface area contributed by atoms with Gasteiger partial charge in [-0.15, -0.1) is 21.5 Å². The molecular weight excluding hydrogens is 558 g/mol. The molecule has 0 fully saturated rings. The maximum Gasteiger partial charge on any atom is 0.239 e. The predicted octanol–water partition coefficient (Wildman–Crippen LogP) is 6.47. The molecule has 5 aromatic rings. The van der Waals surface area contributed by atoms with Crippen LogP contribution in [0.15, 0.2) is 83.3 Å². The van der Waals surface area contributed by atoms with Crippen molar-refractivity contribution >= 4 is 34.1 Å². The third kappa shape index (κ3) is 6.47. The van der Waals surface area contributed by atoms with Crippen molar-refractivity contribution < 1.29 is 19.0 Å². The first-order valence-electron chi connectivity index (χ1n) is 12.6. The summed E-state index contributed by atoms with van der Waals surface area (Å²) in [5.41, 5.74) is 4.53. The lowest BCUT2D eigenvalue weighted by Crippen LogP contribution is -2.22. The summed E-state index contributed by atoms with van der Waals surface area (Å²) in [5.74, 6) is 1.97. The molecule has 0 aliphatic rings. The molecule has 0 spiro atoms. The van der Waals surface area contributed by atoms with E-state index in [9.17, 15) is 4.79 Å². The number of anilines is 1. The standard InChI is InChI=1S/C30H27N5O4S2/c1-18(28(36)33-29-31-24(17-40-29)23-7-5-6-8-25(23)39-4)41-30-32-26(19-9-13-21(37-2)14-10-19)27(34-35-30)20-11-15-22(38-3)16-12-20/h5-18H,1-4H3,(H,31,33,36). The molecule has 2 aromatic heterocycles. The maximum absolute atomic E-state index is 13.1. The van der Waals surface area contributed by atoms with Crippen molar-refractivity contribution in [3.05, 3.63) is 78.2 Å². The summed E-state index contributed by atoms with van der Waals surface area (Å²) >= 11 is 2.57. The Morgan fingerprint density at radius 1 is 0.805 bits per heavy atom. The lowest BCUT2D eigenvalue weighted by atomic mass is 10.0. The van der Waals surface area contributed by atoms with Crippen LogP contribution in [0.1, 0.15) is 6.92 Å². The number of methoxy groups -OCH3 is 3. The highest BCUT2D eigenvalue weighted by Gasteiger charge is 2.21. The van der Waals surface area contributed by atoms with Crippen molar-refractivity contribution in [3.8, 4) is 51.0 Å². The van der Waals surface area contributed by atoms with Crippen molar-refractivity contribution in [3.63, 3.8) is 0 Å². The van der Waals surface area contributed by atoms with Crippen LogP contribution in [0, 0.1) is 0 Å². The summed E-state index contributed by atoms with van der Waals surface area (Å²) in [6.07, 6.45) is 0. The second kappa shape index (κ2) is 12.8. The monoisotopic (exact) mass is 585 g/mol. The third-order valence-electron chi connectivity index (χ3n) is 6.16. The van der Waals surface area contributed by atoms with E-state index in [4.69, 9.17) is 19.2 Å². The van der Waals surface area contributed by atoms with Crippen LogP contribution in [-0.2, 0) is 4.79 Å². The average Bonchev–Trinajstić information content (AvgIpc) is 3.49. The number of nitrogens with one attached hydrogen (secondary N) is 1. The molecule has 2 heterocycles. The number of nitrogens with zero attached hydrogens (tertiary/aromatic N) is 4. The number of carbonyl (C=O) groups is 1. The second-order valence-electron chi connectivity index (χ2n) is 8.74. The molecule has 1 N–H and O–H groups in total. The van der Waals surface area contributed by atoms with Gasteiger partial charge in [0.15, 0.2) is 5.13 Å². The number of aromatic nitrogens is 4. The number of amides is 1. The number of benzene rings is 3. The van der Waals surface area contributed by atoms with Crippen molar-refractivity contribution in [2.24, 2.45) is 0 Å². The Hall–Kier alpha value is -4.48. The summed E-state index contributed by atoms with van der Waals surface area (Å²) < 4.78 is 16.0. The lowest BCUT2D eigenvalue weighted by molar-refractivity contribution is -0.115. The van der Waals surface area contributed by atoms with Gasteiger partial charge in [-0.3, -0.25) is 4.79 Å². The molecular formula is C30H27N5O4S2. The van der Waals surface area contributed by atoms with Crippen molar-refractivity contribution in [2.45, 2.75) is 17.3 Å². The molecule has 0 radical (unpaired) electrons. The molecule has 1 amide bonds. The topological polar surface area (TPSA) is 108 Å². The molecule has 1 atom stereocenters. The van der Waals surface area contributed by atoms with Crippen molar-refractivity contribution in [1.29, 1.82) is 0 Å². The van der Waals surface area contributed by atoms with Crippen LogP contribution in [0.3, 0.4) is 0 Å². The van der Waals surface area contributed by atoms with Crippen molar-refractivity contribution in [1.82, 2.24) is 20.2 Å². The zero-order valence-corrected chi connectivity index (χ0v) is 24.5. The molecule has 3 aromatic carbocycles. The number of hydrogen-bond acceptors (Lipinski definition) is 10. The van der Waals surface area contributed by atoms with Crippen LogP contribution in [-0.4, -0.2) is 52.7 Å². The molecule has 1 unspecified atom stereocenters. The highest BCUT2D eigenvalue weighted by Crippen LogP contribution is 2.34. The highest BCUT2D eigenvalue weighted by molar-refractivity contribution is 8.00. The van der Waals surface area contributed by atoms with E-state index < -0.39 is 5.25 Å². The lowest BCUT2D eigenvalue weighted by Gasteiger charge is -2.13. The van der Waals surface area contributed by atoms with Crippen LogP contribution in [0.4, 0.5) is 5.13 Å². The molecule has 0 aliphatic carbocycles. The Morgan fingerprint density at radius 2 is 1.44 bits per heavy atom. The molecule has 208 valence electrons. The van der Waals surface area contributed by atoms with Crippen molar-refractivity contribution in [2.75, 3.05) is 26.6 Å². The minimum absolute atomic E-state index is 0.218. The van der Waals surface area contributed by atoms with Gasteiger partial charge in [-0.1, -0.05) is 23.9 Å². The fourth-order valence-electron chi connectivity index (χ4n) is 3.98. The summed E-state index contributed by atoms with van der Waals surface area (Å²) in [7, 11) is 4.86. The van der Waals surface area contributed by atoms with E-state index in [0.29, 0.717) is 21.7 Å². The molecule has 9 nitrogen and oxygen atoms in total. The fourth-order valence-corrected chi connectivity index (χ4v) is 5.41. The SMILES string of the molecule is COc1ccc(-c2nnc(SC(C)C(=O)Nc3nc(-c4ccccc4OC)cs3)nc2-c2ccc(OC)cc2)cc1. The molecule has 11 heteroatoms. The first-order chi connectivity index (χ1) is 20.0. The quantitative estimate of drug-likeness (QED) is 0.184. The number of ether oxygens (including phenoxy) is 3. The zero-order chi connectivity index (χ0) is 28.8. The van der Waals surface area contributed by atoms with E-state index >= 15 is 0 Å². The number of carbonyl (C=O) groups excluding carboxylic acids is 1. The minimum atomic E-state index is -0.508. The maximum atomic E-state index is 13.1. The van der Waals surface area contributed by atoms with Crippen LogP contribution in [0.25, 0.3) is 33.8 Å². The van der Waals surface area contributed by atoms with Gasteiger partial charge in [-0.2, -0.15) is 0 Å². The number of thiazole rings is 1. The Bertz CT molecular complexity index is 1640. The summed E-state index contributed by atoms with van der Waals surface area (Å²) in [6, 6.07) is 22.7. The fraction of sp³-hybridized carbons (Fsp3) is 0.167. The Morgan fingerprint density at radius 3 is 2.07 bits per heavy atom. The van der Waals surface area contributed by atoms with Gasteiger partial charge in [0.25, 0.3) is 0 Å². The van der Waals surface area contributed by atoms with Crippen LogP contribution >= 0.6 is 23.1 Å². The second-order valence-corrected chi connectivity index (χ2v) is 10.9. The van der Waals surface area contributed by atoms with E-state index in [1.807, 2.05) is 78.2 Å². The summed E-state index contributed by atoms with van der Waals surface area (Å²) in [6.45, 7) is 1.79. The molecule has 5 rings (SSSR count). The summed E-state index contributed by atoms with van der Waals surface area (Å²) in [5, 5.41) is 14.0. The van der Waals surface area contributed by atoms with Gasteiger partial charge in [0.2, 0.25) is 11.1 Å². The van der Waals surface area contributed by atoms with Gasteiger partial charge in [0, 0.05) is 22.1 Å². The number of thioether (sulfide) groups is 1. The molecule has 41 heavy (non-hydrogen) atoms. The smallest absolute Gasteiger partial charge is 0.239 e.